The fraction of sp³-hybridized carbons (Fsp3) is 0.938. The molecule has 2 rings (SSSR count). The van der Waals surface area contributed by atoms with Crippen LogP contribution >= 0.6 is 0 Å². The number of nitrogens with two attached hydrogens (primary N) is 1. The molecule has 3 nitrogen and oxygen atoms in total. The highest BCUT2D eigenvalue weighted by molar-refractivity contribution is 5.78. The lowest BCUT2D eigenvalue weighted by Crippen LogP contribution is -2.35. The lowest BCUT2D eigenvalue weighted by molar-refractivity contribution is -0.126. The van der Waals surface area contributed by atoms with E-state index >= 15 is 0 Å². The van der Waals surface area contributed by atoms with Crippen LogP contribution in [0, 0.1) is 17.8 Å². The minimum Gasteiger partial charge on any atom is -0.356 e. The Morgan fingerprint density at radius 3 is 2.26 bits per heavy atom. The molecule has 2 aliphatic carbocycles. The zero-order valence-electron chi connectivity index (χ0n) is 12.2. The van der Waals surface area contributed by atoms with E-state index in [9.17, 15) is 4.79 Å². The van der Waals surface area contributed by atoms with Gasteiger partial charge in [-0.1, -0.05) is 32.1 Å². The van der Waals surface area contributed by atoms with Crippen molar-refractivity contribution < 1.29 is 4.79 Å². The second-order valence-corrected chi connectivity index (χ2v) is 6.54. The Balaban J connectivity index is 1.59. The lowest BCUT2D eigenvalue weighted by Gasteiger charge is -2.27. The van der Waals surface area contributed by atoms with Crippen molar-refractivity contribution in [3.63, 3.8) is 0 Å². The first-order valence-electron chi connectivity index (χ1n) is 8.27. The van der Waals surface area contributed by atoms with Crippen LogP contribution < -0.4 is 11.1 Å². The van der Waals surface area contributed by atoms with E-state index in [0.29, 0.717) is 11.8 Å². The third-order valence-corrected chi connectivity index (χ3v) is 5.13. The summed E-state index contributed by atoms with van der Waals surface area (Å²) in [5, 5.41) is 3.16. The summed E-state index contributed by atoms with van der Waals surface area (Å²) < 4.78 is 0. The molecule has 19 heavy (non-hydrogen) atoms. The SMILES string of the molecule is NCC1CCC(C(=O)NCCC2CCCCC2)CC1. The van der Waals surface area contributed by atoms with Gasteiger partial charge in [-0.3, -0.25) is 4.79 Å². The summed E-state index contributed by atoms with van der Waals surface area (Å²) in [7, 11) is 0. The molecule has 0 radical (unpaired) electrons. The van der Waals surface area contributed by atoms with Crippen LogP contribution in [0.15, 0.2) is 0 Å². The van der Waals surface area contributed by atoms with Crippen LogP contribution in [0.5, 0.6) is 0 Å². The van der Waals surface area contributed by atoms with Gasteiger partial charge < -0.3 is 11.1 Å². The number of carbonyl (C=O) groups is 1. The normalized spacial score (nSPS) is 29.1. The maximum absolute atomic E-state index is 12.1. The minimum atomic E-state index is 0.258. The molecule has 0 unspecified atom stereocenters. The van der Waals surface area contributed by atoms with Crippen LogP contribution in [0.1, 0.15) is 64.2 Å². The van der Waals surface area contributed by atoms with Crippen molar-refractivity contribution >= 4 is 5.91 Å². The molecule has 0 aromatic rings. The fourth-order valence-corrected chi connectivity index (χ4v) is 3.68. The van der Waals surface area contributed by atoms with E-state index in [1.165, 1.54) is 38.5 Å². The number of carbonyl (C=O) groups excluding carboxylic acids is 1. The second-order valence-electron chi connectivity index (χ2n) is 6.54. The molecule has 0 saturated heterocycles. The van der Waals surface area contributed by atoms with E-state index in [1.54, 1.807) is 0 Å². The molecule has 110 valence electrons. The summed E-state index contributed by atoms with van der Waals surface area (Å²) in [5.74, 6) is 2.08. The fourth-order valence-electron chi connectivity index (χ4n) is 3.68. The number of nitrogens with one attached hydrogen (secondary N) is 1. The predicted octanol–water partition coefficient (Wildman–Crippen LogP) is 2.84. The maximum atomic E-state index is 12.1. The third kappa shape index (κ3) is 4.79. The Bertz CT molecular complexity index is 266. The van der Waals surface area contributed by atoms with Crippen molar-refractivity contribution in [1.82, 2.24) is 5.32 Å². The highest BCUT2D eigenvalue weighted by Gasteiger charge is 2.25. The zero-order valence-corrected chi connectivity index (χ0v) is 12.2. The molecule has 0 aromatic heterocycles. The molecule has 3 heteroatoms. The van der Waals surface area contributed by atoms with Gasteiger partial charge in [-0.25, -0.2) is 0 Å². The number of hydrogen-bond donors (Lipinski definition) is 2. The Morgan fingerprint density at radius 2 is 1.63 bits per heavy atom. The molecule has 2 saturated carbocycles. The Morgan fingerprint density at radius 1 is 0.947 bits per heavy atom. The quantitative estimate of drug-likeness (QED) is 0.804. The summed E-state index contributed by atoms with van der Waals surface area (Å²) in [5.41, 5.74) is 5.69. The average molecular weight is 266 g/mol. The van der Waals surface area contributed by atoms with E-state index < -0.39 is 0 Å². The number of amides is 1. The molecule has 3 N–H and O–H groups in total. The van der Waals surface area contributed by atoms with Crippen molar-refractivity contribution in [2.24, 2.45) is 23.5 Å². The summed E-state index contributed by atoms with van der Waals surface area (Å²) in [6, 6.07) is 0. The number of rotatable bonds is 5. The van der Waals surface area contributed by atoms with Gasteiger partial charge in [0.25, 0.3) is 0 Å². The molecule has 0 aromatic carbocycles. The van der Waals surface area contributed by atoms with Gasteiger partial charge in [-0.05, 0) is 50.5 Å². The summed E-state index contributed by atoms with van der Waals surface area (Å²) in [6.45, 7) is 1.68. The van der Waals surface area contributed by atoms with E-state index in [-0.39, 0.29) is 5.92 Å². The van der Waals surface area contributed by atoms with Crippen molar-refractivity contribution in [2.45, 2.75) is 64.2 Å². The molecular weight excluding hydrogens is 236 g/mol. The lowest BCUT2D eigenvalue weighted by atomic mass is 9.81. The highest BCUT2D eigenvalue weighted by Crippen LogP contribution is 2.28. The second kappa shape index (κ2) is 7.88. The van der Waals surface area contributed by atoms with Gasteiger partial charge in [0.1, 0.15) is 0 Å². The smallest absolute Gasteiger partial charge is 0.223 e. The zero-order chi connectivity index (χ0) is 13.5. The van der Waals surface area contributed by atoms with Gasteiger partial charge in [0.15, 0.2) is 0 Å². The summed E-state index contributed by atoms with van der Waals surface area (Å²) >= 11 is 0. The van der Waals surface area contributed by atoms with E-state index in [0.717, 1.165) is 44.7 Å². The summed E-state index contributed by atoms with van der Waals surface area (Å²) in [6.07, 6.45) is 12.5. The van der Waals surface area contributed by atoms with Crippen molar-refractivity contribution in [2.75, 3.05) is 13.1 Å². The van der Waals surface area contributed by atoms with E-state index in [1.807, 2.05) is 0 Å². The Kier molecular flexibility index (Phi) is 6.15. The molecule has 1 amide bonds. The van der Waals surface area contributed by atoms with Crippen LogP contribution in [-0.4, -0.2) is 19.0 Å². The molecule has 0 aliphatic heterocycles. The number of hydrogen-bond acceptors (Lipinski definition) is 2. The van der Waals surface area contributed by atoms with Crippen LogP contribution in [0.3, 0.4) is 0 Å². The van der Waals surface area contributed by atoms with Gasteiger partial charge >= 0.3 is 0 Å². The van der Waals surface area contributed by atoms with Crippen molar-refractivity contribution in [3.8, 4) is 0 Å². The van der Waals surface area contributed by atoms with Crippen molar-refractivity contribution in [1.29, 1.82) is 0 Å². The van der Waals surface area contributed by atoms with Gasteiger partial charge in [0.05, 0.1) is 0 Å². The average Bonchev–Trinajstić information content (AvgIpc) is 2.48. The van der Waals surface area contributed by atoms with Crippen LogP contribution in [-0.2, 0) is 4.79 Å². The maximum Gasteiger partial charge on any atom is 0.223 e. The standard InChI is InChI=1S/C16H30N2O/c17-12-14-6-8-15(9-7-14)16(19)18-11-10-13-4-2-1-3-5-13/h13-15H,1-12,17H2,(H,18,19). The molecule has 2 aliphatic rings. The first-order chi connectivity index (χ1) is 9.29. The van der Waals surface area contributed by atoms with E-state index in [2.05, 4.69) is 5.32 Å². The van der Waals surface area contributed by atoms with Crippen LogP contribution in [0.4, 0.5) is 0 Å². The molecule has 0 spiro atoms. The van der Waals surface area contributed by atoms with Gasteiger partial charge in [-0.15, -0.1) is 0 Å². The summed E-state index contributed by atoms with van der Waals surface area (Å²) in [4.78, 5) is 12.1. The van der Waals surface area contributed by atoms with Crippen LogP contribution in [0.2, 0.25) is 0 Å². The first-order valence-corrected chi connectivity index (χ1v) is 8.27. The van der Waals surface area contributed by atoms with E-state index in [4.69, 9.17) is 5.73 Å². The molecule has 0 atom stereocenters. The topological polar surface area (TPSA) is 55.1 Å². The molecular formula is C16H30N2O. The highest BCUT2D eigenvalue weighted by atomic mass is 16.1. The Hall–Kier alpha value is -0.570. The molecule has 2 fully saturated rings. The Labute approximate surface area is 117 Å². The van der Waals surface area contributed by atoms with Crippen molar-refractivity contribution in [3.05, 3.63) is 0 Å². The van der Waals surface area contributed by atoms with Gasteiger partial charge in [0, 0.05) is 12.5 Å². The monoisotopic (exact) mass is 266 g/mol. The van der Waals surface area contributed by atoms with Gasteiger partial charge in [-0.2, -0.15) is 0 Å². The molecule has 0 bridgehead atoms. The largest absolute Gasteiger partial charge is 0.356 e. The third-order valence-electron chi connectivity index (χ3n) is 5.13. The predicted molar refractivity (Wildman–Crippen MR) is 78.7 cm³/mol. The van der Waals surface area contributed by atoms with Gasteiger partial charge in [0.2, 0.25) is 5.91 Å². The van der Waals surface area contributed by atoms with Crippen LogP contribution in [0.25, 0.3) is 0 Å². The molecule has 0 heterocycles. The first kappa shape index (κ1) is 14.8. The minimum absolute atomic E-state index is 0.258.